The summed E-state index contributed by atoms with van der Waals surface area (Å²) in [7, 11) is 0. The number of pyridine rings is 1. The lowest BCUT2D eigenvalue weighted by molar-refractivity contribution is 0.0697. The number of anilines is 1. The Bertz CT molecular complexity index is 453. The number of carboxylic acids is 1. The molecular weight excluding hydrogens is 256 g/mol. The number of ether oxygens (including phenoxy) is 1. The minimum atomic E-state index is -1.02. The van der Waals surface area contributed by atoms with Gasteiger partial charge in [-0.25, -0.2) is 9.78 Å². The fourth-order valence-corrected chi connectivity index (χ4v) is 2.16. The predicted octanol–water partition coefficient (Wildman–Crippen LogP) is 2.27. The summed E-state index contributed by atoms with van der Waals surface area (Å²) in [6.45, 7) is 3.40. The van der Waals surface area contributed by atoms with Crippen molar-refractivity contribution in [2.45, 2.75) is 19.4 Å². The second kappa shape index (κ2) is 5.54. The minimum Gasteiger partial charge on any atom is -0.478 e. The maximum absolute atomic E-state index is 11.0. The summed E-state index contributed by atoms with van der Waals surface area (Å²) < 4.78 is 5.45. The highest BCUT2D eigenvalue weighted by Gasteiger charge is 2.24. The van der Waals surface area contributed by atoms with Gasteiger partial charge >= 0.3 is 5.97 Å². The van der Waals surface area contributed by atoms with Crippen LogP contribution in [0.1, 0.15) is 23.7 Å². The van der Waals surface area contributed by atoms with Gasteiger partial charge in [0.25, 0.3) is 0 Å². The van der Waals surface area contributed by atoms with Gasteiger partial charge in [0.05, 0.1) is 6.10 Å². The van der Waals surface area contributed by atoms with E-state index in [2.05, 4.69) is 10.3 Å². The lowest BCUT2D eigenvalue weighted by Gasteiger charge is -2.16. The molecule has 2 N–H and O–H groups in total. The molecule has 98 valence electrons. The Morgan fingerprint density at radius 1 is 1.67 bits per heavy atom. The van der Waals surface area contributed by atoms with E-state index >= 15 is 0 Å². The Kier molecular flexibility index (Phi) is 4.04. The van der Waals surface area contributed by atoms with Crippen LogP contribution in [-0.2, 0) is 4.74 Å². The molecule has 2 heterocycles. The number of nitrogens with one attached hydrogen (secondary N) is 1. The van der Waals surface area contributed by atoms with Gasteiger partial charge in [-0.05, 0) is 25.5 Å². The second-order valence-corrected chi connectivity index (χ2v) is 4.73. The van der Waals surface area contributed by atoms with Gasteiger partial charge in [-0.2, -0.15) is 0 Å². The lowest BCUT2D eigenvalue weighted by atomic mass is 10.0. The number of nitrogens with zero attached hydrogens (tertiary/aromatic N) is 1. The molecule has 1 aliphatic heterocycles. The van der Waals surface area contributed by atoms with Crippen LogP contribution in [0.5, 0.6) is 0 Å². The number of hydrogen-bond donors (Lipinski definition) is 2. The number of hydrogen-bond acceptors (Lipinski definition) is 4. The average Bonchev–Trinajstić information content (AvgIpc) is 2.72. The fourth-order valence-electron chi connectivity index (χ4n) is 2.01. The fraction of sp³-hybridized carbons (Fsp3) is 0.500. The van der Waals surface area contributed by atoms with Gasteiger partial charge in [0.15, 0.2) is 0 Å². The highest BCUT2D eigenvalue weighted by Crippen LogP contribution is 2.22. The normalized spacial score (nSPS) is 23.0. The molecule has 1 fully saturated rings. The first-order valence-corrected chi connectivity index (χ1v) is 6.21. The largest absolute Gasteiger partial charge is 0.478 e. The molecule has 1 saturated heterocycles. The van der Waals surface area contributed by atoms with Crippen LogP contribution in [0.25, 0.3) is 0 Å². The molecule has 2 rings (SSSR count). The van der Waals surface area contributed by atoms with Crippen LogP contribution in [0.4, 0.5) is 5.82 Å². The van der Waals surface area contributed by atoms with E-state index in [9.17, 15) is 4.79 Å². The highest BCUT2D eigenvalue weighted by molar-refractivity contribution is 6.29. The monoisotopic (exact) mass is 270 g/mol. The Hall–Kier alpha value is -1.33. The molecule has 1 aromatic heterocycles. The molecule has 18 heavy (non-hydrogen) atoms. The first-order chi connectivity index (χ1) is 8.58. The van der Waals surface area contributed by atoms with Crippen LogP contribution in [0.2, 0.25) is 5.15 Å². The topological polar surface area (TPSA) is 71.5 Å². The zero-order valence-corrected chi connectivity index (χ0v) is 10.8. The molecule has 0 radical (unpaired) electrons. The molecule has 0 aromatic carbocycles. The van der Waals surface area contributed by atoms with Crippen LogP contribution >= 0.6 is 11.6 Å². The number of halogens is 1. The Morgan fingerprint density at radius 3 is 3.06 bits per heavy atom. The van der Waals surface area contributed by atoms with E-state index in [1.165, 1.54) is 12.1 Å². The third-order valence-electron chi connectivity index (χ3n) is 3.16. The van der Waals surface area contributed by atoms with Crippen LogP contribution in [0.15, 0.2) is 12.1 Å². The van der Waals surface area contributed by atoms with Crippen LogP contribution in [-0.4, -0.2) is 35.3 Å². The van der Waals surface area contributed by atoms with Crippen molar-refractivity contribution in [3.05, 3.63) is 22.8 Å². The molecule has 1 aliphatic rings. The van der Waals surface area contributed by atoms with E-state index in [1.54, 1.807) is 0 Å². The van der Waals surface area contributed by atoms with E-state index in [0.717, 1.165) is 13.0 Å². The molecule has 5 nitrogen and oxygen atoms in total. The van der Waals surface area contributed by atoms with Crippen molar-refractivity contribution in [1.82, 2.24) is 4.98 Å². The molecule has 0 saturated carbocycles. The summed E-state index contributed by atoms with van der Waals surface area (Å²) in [5, 5.41) is 12.4. The third-order valence-corrected chi connectivity index (χ3v) is 3.37. The molecule has 6 heteroatoms. The Labute approximate surface area is 110 Å². The summed E-state index contributed by atoms with van der Waals surface area (Å²) >= 11 is 5.78. The number of aromatic carboxylic acids is 1. The molecule has 0 amide bonds. The third kappa shape index (κ3) is 2.91. The highest BCUT2D eigenvalue weighted by atomic mass is 35.5. The maximum atomic E-state index is 11.0. The van der Waals surface area contributed by atoms with Crippen molar-refractivity contribution in [3.8, 4) is 0 Å². The first kappa shape index (κ1) is 13.1. The van der Waals surface area contributed by atoms with E-state index in [0.29, 0.717) is 18.3 Å². The number of rotatable bonds is 4. The van der Waals surface area contributed by atoms with Gasteiger partial charge in [-0.15, -0.1) is 0 Å². The zero-order chi connectivity index (χ0) is 13.1. The van der Waals surface area contributed by atoms with Gasteiger partial charge in [0.2, 0.25) is 0 Å². The van der Waals surface area contributed by atoms with E-state index in [-0.39, 0.29) is 16.8 Å². The molecule has 0 spiro atoms. The minimum absolute atomic E-state index is 0.131. The molecular formula is C12H15ClN2O3. The zero-order valence-electron chi connectivity index (χ0n) is 10.0. The van der Waals surface area contributed by atoms with E-state index < -0.39 is 5.97 Å². The molecule has 2 unspecified atom stereocenters. The van der Waals surface area contributed by atoms with Crippen molar-refractivity contribution < 1.29 is 14.6 Å². The van der Waals surface area contributed by atoms with Gasteiger partial charge in [-0.1, -0.05) is 11.6 Å². The van der Waals surface area contributed by atoms with E-state index in [1.807, 2.05) is 6.92 Å². The number of aromatic nitrogens is 1. The molecule has 0 bridgehead atoms. The SMILES string of the molecule is CC1OCCC1CNc1nc(Cl)ccc1C(=O)O. The van der Waals surface area contributed by atoms with Crippen molar-refractivity contribution in [1.29, 1.82) is 0 Å². The Morgan fingerprint density at radius 2 is 2.44 bits per heavy atom. The first-order valence-electron chi connectivity index (χ1n) is 5.83. The van der Waals surface area contributed by atoms with Crippen LogP contribution in [0, 0.1) is 5.92 Å². The second-order valence-electron chi connectivity index (χ2n) is 4.34. The summed E-state index contributed by atoms with van der Waals surface area (Å²) in [6, 6.07) is 2.92. The predicted molar refractivity (Wildman–Crippen MR) is 68.2 cm³/mol. The van der Waals surface area contributed by atoms with Crippen molar-refractivity contribution in [3.63, 3.8) is 0 Å². The van der Waals surface area contributed by atoms with Crippen LogP contribution < -0.4 is 5.32 Å². The number of carbonyl (C=O) groups is 1. The molecule has 0 aliphatic carbocycles. The lowest BCUT2D eigenvalue weighted by Crippen LogP contribution is -2.22. The van der Waals surface area contributed by atoms with Gasteiger partial charge in [-0.3, -0.25) is 0 Å². The van der Waals surface area contributed by atoms with Gasteiger partial charge in [0, 0.05) is 19.1 Å². The van der Waals surface area contributed by atoms with Crippen molar-refractivity contribution in [2.24, 2.45) is 5.92 Å². The van der Waals surface area contributed by atoms with Gasteiger partial charge < -0.3 is 15.2 Å². The molecule has 1 aromatic rings. The summed E-state index contributed by atoms with van der Waals surface area (Å²) in [5.41, 5.74) is 0.131. The molecule has 2 atom stereocenters. The maximum Gasteiger partial charge on any atom is 0.339 e. The van der Waals surface area contributed by atoms with Crippen molar-refractivity contribution in [2.75, 3.05) is 18.5 Å². The summed E-state index contributed by atoms with van der Waals surface area (Å²) in [6.07, 6.45) is 1.15. The average molecular weight is 271 g/mol. The van der Waals surface area contributed by atoms with Crippen LogP contribution in [0.3, 0.4) is 0 Å². The number of carboxylic acid groups (broad SMARTS) is 1. The standard InChI is InChI=1S/C12H15ClN2O3/c1-7-8(4-5-18-7)6-14-11-9(12(16)17)2-3-10(13)15-11/h2-3,7-8H,4-6H2,1H3,(H,14,15)(H,16,17). The Balaban J connectivity index is 2.08. The summed E-state index contributed by atoms with van der Waals surface area (Å²) in [5.74, 6) is -0.334. The van der Waals surface area contributed by atoms with Crippen molar-refractivity contribution >= 4 is 23.4 Å². The quantitative estimate of drug-likeness (QED) is 0.821. The summed E-state index contributed by atoms with van der Waals surface area (Å²) in [4.78, 5) is 15.1. The van der Waals surface area contributed by atoms with Gasteiger partial charge in [0.1, 0.15) is 16.5 Å². The van der Waals surface area contributed by atoms with E-state index in [4.69, 9.17) is 21.4 Å². The smallest absolute Gasteiger partial charge is 0.339 e.